The molecule has 0 amide bonds. The van der Waals surface area contributed by atoms with E-state index in [2.05, 4.69) is 5.10 Å². The van der Waals surface area contributed by atoms with Gasteiger partial charge in [0.2, 0.25) is 0 Å². The lowest BCUT2D eigenvalue weighted by molar-refractivity contribution is 0.0692. The molecule has 2 aromatic rings. The van der Waals surface area contributed by atoms with Crippen LogP contribution in [0.5, 0.6) is 0 Å². The predicted octanol–water partition coefficient (Wildman–Crippen LogP) is 1.13. The van der Waals surface area contributed by atoms with E-state index in [-0.39, 0.29) is 22.6 Å². The summed E-state index contributed by atoms with van der Waals surface area (Å²) in [7, 11) is -1.92. The average molecular weight is 294 g/mol. The van der Waals surface area contributed by atoms with Gasteiger partial charge in [-0.05, 0) is 18.2 Å². The van der Waals surface area contributed by atoms with Crippen LogP contribution in [0, 0.1) is 0 Å². The number of aromatic carboxylic acids is 1. The van der Waals surface area contributed by atoms with Gasteiger partial charge in [0.15, 0.2) is 9.84 Å². The first-order chi connectivity index (χ1) is 9.42. The van der Waals surface area contributed by atoms with E-state index >= 15 is 0 Å². The third kappa shape index (κ3) is 2.88. The second kappa shape index (κ2) is 5.46. The number of carboxylic acid groups (broad SMARTS) is 1. The van der Waals surface area contributed by atoms with Crippen molar-refractivity contribution in [3.8, 4) is 0 Å². The maximum atomic E-state index is 12.3. The van der Waals surface area contributed by atoms with Gasteiger partial charge < -0.3 is 5.11 Å². The van der Waals surface area contributed by atoms with Crippen molar-refractivity contribution in [2.75, 3.05) is 5.75 Å². The van der Waals surface area contributed by atoms with E-state index in [0.29, 0.717) is 0 Å². The van der Waals surface area contributed by atoms with Crippen molar-refractivity contribution in [3.63, 3.8) is 0 Å². The van der Waals surface area contributed by atoms with Gasteiger partial charge in [0.1, 0.15) is 0 Å². The van der Waals surface area contributed by atoms with Crippen molar-refractivity contribution >= 4 is 15.8 Å². The van der Waals surface area contributed by atoms with Crippen molar-refractivity contribution in [1.82, 2.24) is 9.78 Å². The highest BCUT2D eigenvalue weighted by molar-refractivity contribution is 7.91. The Hall–Kier alpha value is -2.15. The zero-order valence-corrected chi connectivity index (χ0v) is 11.7. The van der Waals surface area contributed by atoms with Crippen LogP contribution in [-0.2, 0) is 23.3 Å². The van der Waals surface area contributed by atoms with Gasteiger partial charge in [0, 0.05) is 25.4 Å². The van der Waals surface area contributed by atoms with Gasteiger partial charge in [-0.1, -0.05) is 12.1 Å². The molecule has 0 aliphatic carbocycles. The highest BCUT2D eigenvalue weighted by Crippen LogP contribution is 2.18. The highest BCUT2D eigenvalue weighted by Gasteiger charge is 2.22. The van der Waals surface area contributed by atoms with Gasteiger partial charge >= 0.3 is 5.97 Å². The summed E-state index contributed by atoms with van der Waals surface area (Å²) < 4.78 is 26.1. The van der Waals surface area contributed by atoms with Crippen LogP contribution in [-0.4, -0.2) is 35.0 Å². The maximum absolute atomic E-state index is 12.3. The van der Waals surface area contributed by atoms with Crippen LogP contribution in [0.25, 0.3) is 0 Å². The molecule has 0 bridgehead atoms. The van der Waals surface area contributed by atoms with Crippen LogP contribution in [0.2, 0.25) is 0 Å². The standard InChI is InChI=1S/C13H14N2O4S/c1-15-10(6-8-14-15)7-9-20(18,19)12-5-3-2-4-11(12)13(16)17/h2-6,8H,7,9H2,1H3,(H,16,17). The van der Waals surface area contributed by atoms with Gasteiger partial charge in [0.25, 0.3) is 0 Å². The molecule has 106 valence electrons. The molecule has 2 rings (SSSR count). The Morgan fingerprint density at radius 1 is 1.30 bits per heavy atom. The van der Waals surface area contributed by atoms with Crippen molar-refractivity contribution in [1.29, 1.82) is 0 Å². The number of benzene rings is 1. The molecule has 0 atom stereocenters. The minimum atomic E-state index is -3.65. The highest BCUT2D eigenvalue weighted by atomic mass is 32.2. The minimum Gasteiger partial charge on any atom is -0.478 e. The molecule has 0 radical (unpaired) electrons. The lowest BCUT2D eigenvalue weighted by atomic mass is 10.2. The van der Waals surface area contributed by atoms with Crippen molar-refractivity contribution in [2.45, 2.75) is 11.3 Å². The summed E-state index contributed by atoms with van der Waals surface area (Å²) in [6, 6.07) is 7.37. The van der Waals surface area contributed by atoms with Gasteiger partial charge in [0.05, 0.1) is 16.2 Å². The molecular weight excluding hydrogens is 280 g/mol. The predicted molar refractivity (Wildman–Crippen MR) is 72.4 cm³/mol. The SMILES string of the molecule is Cn1nccc1CCS(=O)(=O)c1ccccc1C(=O)O. The molecule has 0 aliphatic heterocycles. The number of nitrogens with zero attached hydrogens (tertiary/aromatic N) is 2. The van der Waals surface area contributed by atoms with Crippen LogP contribution < -0.4 is 0 Å². The molecule has 1 aromatic heterocycles. The quantitative estimate of drug-likeness (QED) is 0.893. The molecule has 0 saturated heterocycles. The van der Waals surface area contributed by atoms with Crippen molar-refractivity contribution in [3.05, 3.63) is 47.8 Å². The zero-order chi connectivity index (χ0) is 14.8. The fourth-order valence-electron chi connectivity index (χ4n) is 1.91. The first-order valence-electron chi connectivity index (χ1n) is 5.94. The normalized spacial score (nSPS) is 11.4. The van der Waals surface area contributed by atoms with Crippen LogP contribution in [0.3, 0.4) is 0 Å². The molecule has 1 N–H and O–H groups in total. The molecule has 6 nitrogen and oxygen atoms in total. The Kier molecular flexibility index (Phi) is 3.89. The van der Waals surface area contributed by atoms with Gasteiger partial charge in [-0.3, -0.25) is 4.68 Å². The Morgan fingerprint density at radius 3 is 2.60 bits per heavy atom. The number of carboxylic acids is 1. The molecule has 0 unspecified atom stereocenters. The molecule has 0 fully saturated rings. The second-order valence-electron chi connectivity index (χ2n) is 4.32. The monoisotopic (exact) mass is 294 g/mol. The van der Waals surface area contributed by atoms with E-state index < -0.39 is 15.8 Å². The van der Waals surface area contributed by atoms with E-state index in [0.717, 1.165) is 5.69 Å². The van der Waals surface area contributed by atoms with E-state index in [1.165, 1.54) is 24.3 Å². The number of hydrogen-bond donors (Lipinski definition) is 1. The van der Waals surface area contributed by atoms with E-state index in [4.69, 9.17) is 5.11 Å². The summed E-state index contributed by atoms with van der Waals surface area (Å²) >= 11 is 0. The first kappa shape index (κ1) is 14.3. The number of aromatic nitrogens is 2. The van der Waals surface area contributed by atoms with E-state index in [1.54, 1.807) is 24.0 Å². The Bertz CT molecular complexity index is 734. The summed E-state index contributed by atoms with van der Waals surface area (Å²) in [6.07, 6.45) is 1.87. The fourth-order valence-corrected chi connectivity index (χ4v) is 3.38. The first-order valence-corrected chi connectivity index (χ1v) is 7.59. The summed E-state index contributed by atoms with van der Waals surface area (Å²) in [4.78, 5) is 10.9. The lowest BCUT2D eigenvalue weighted by Crippen LogP contribution is -2.15. The molecule has 1 aromatic carbocycles. The number of sulfone groups is 1. The van der Waals surface area contributed by atoms with Crippen LogP contribution in [0.15, 0.2) is 41.4 Å². The smallest absolute Gasteiger partial charge is 0.337 e. The lowest BCUT2D eigenvalue weighted by Gasteiger charge is -2.07. The molecule has 7 heteroatoms. The number of hydrogen-bond acceptors (Lipinski definition) is 4. The van der Waals surface area contributed by atoms with E-state index in [9.17, 15) is 13.2 Å². The maximum Gasteiger partial charge on any atom is 0.337 e. The van der Waals surface area contributed by atoms with Gasteiger partial charge in [-0.25, -0.2) is 13.2 Å². The fraction of sp³-hybridized carbons (Fsp3) is 0.231. The Balaban J connectivity index is 2.27. The topological polar surface area (TPSA) is 89.3 Å². The Morgan fingerprint density at radius 2 is 2.00 bits per heavy atom. The largest absolute Gasteiger partial charge is 0.478 e. The number of carbonyl (C=O) groups is 1. The summed E-state index contributed by atoms with van der Waals surface area (Å²) in [6.45, 7) is 0. The van der Waals surface area contributed by atoms with Crippen LogP contribution in [0.4, 0.5) is 0 Å². The molecule has 0 aliphatic rings. The molecule has 20 heavy (non-hydrogen) atoms. The molecule has 0 spiro atoms. The van der Waals surface area contributed by atoms with Crippen LogP contribution in [0.1, 0.15) is 16.1 Å². The zero-order valence-electron chi connectivity index (χ0n) is 10.9. The summed E-state index contributed by atoms with van der Waals surface area (Å²) in [5.41, 5.74) is 0.582. The van der Waals surface area contributed by atoms with Crippen molar-refractivity contribution in [2.24, 2.45) is 7.05 Å². The number of aryl methyl sites for hydroxylation is 2. The minimum absolute atomic E-state index is 0.144. The third-order valence-corrected chi connectivity index (χ3v) is 4.77. The van der Waals surface area contributed by atoms with E-state index in [1.807, 2.05) is 0 Å². The van der Waals surface area contributed by atoms with Crippen molar-refractivity contribution < 1.29 is 18.3 Å². The molecule has 0 saturated carbocycles. The average Bonchev–Trinajstić information content (AvgIpc) is 2.82. The van der Waals surface area contributed by atoms with Gasteiger partial charge in [-0.15, -0.1) is 0 Å². The summed E-state index contributed by atoms with van der Waals surface area (Å²) in [5, 5.41) is 13.0. The third-order valence-electron chi connectivity index (χ3n) is 3.00. The molecular formula is C13H14N2O4S. The Labute approximate surface area is 116 Å². The summed E-state index contributed by atoms with van der Waals surface area (Å²) in [5.74, 6) is -1.40. The second-order valence-corrected chi connectivity index (χ2v) is 6.39. The van der Waals surface area contributed by atoms with Gasteiger partial charge in [-0.2, -0.15) is 5.10 Å². The number of rotatable bonds is 5. The molecule has 1 heterocycles. The van der Waals surface area contributed by atoms with Crippen LogP contribution >= 0.6 is 0 Å².